The molecule has 0 aromatic heterocycles. The number of benzene rings is 1. The lowest BCUT2D eigenvalue weighted by atomic mass is 10.2. The minimum atomic E-state index is -0.423. The lowest BCUT2D eigenvalue weighted by molar-refractivity contribution is -0.384. The zero-order valence-electron chi connectivity index (χ0n) is 11.0. The van der Waals surface area contributed by atoms with Gasteiger partial charge in [0.05, 0.1) is 11.5 Å². The van der Waals surface area contributed by atoms with Crippen molar-refractivity contribution in [2.45, 2.75) is 26.3 Å². The molecule has 0 aliphatic rings. The maximum atomic E-state index is 10.7. The van der Waals surface area contributed by atoms with Crippen molar-refractivity contribution in [3.63, 3.8) is 0 Å². The highest BCUT2D eigenvalue weighted by Gasteiger charge is 2.09. The fourth-order valence-corrected chi connectivity index (χ4v) is 1.71. The molecule has 0 saturated carbocycles. The van der Waals surface area contributed by atoms with Gasteiger partial charge in [-0.1, -0.05) is 24.9 Å². The Bertz CT molecular complexity index is 413. The molecule has 1 rings (SSSR count). The number of nitro groups is 1. The molecule has 0 radical (unpaired) electrons. The van der Waals surface area contributed by atoms with Crippen LogP contribution in [0.2, 0.25) is 5.02 Å². The number of nitrogens with zero attached hydrogens (tertiary/aromatic N) is 1. The SMILES string of the molecule is CCCCOCCNCc1cc([N+](=O)[O-])ccc1Cl. The molecular weight excluding hydrogens is 268 g/mol. The third-order valence-corrected chi connectivity index (χ3v) is 2.99. The Morgan fingerprint density at radius 1 is 1.42 bits per heavy atom. The summed E-state index contributed by atoms with van der Waals surface area (Å²) in [6.07, 6.45) is 2.19. The van der Waals surface area contributed by atoms with Gasteiger partial charge in [-0.2, -0.15) is 0 Å². The third-order valence-electron chi connectivity index (χ3n) is 2.62. The fraction of sp³-hybridized carbons (Fsp3) is 0.538. The van der Waals surface area contributed by atoms with Crippen molar-refractivity contribution in [1.82, 2.24) is 5.32 Å². The first-order chi connectivity index (χ1) is 9.15. The summed E-state index contributed by atoms with van der Waals surface area (Å²) in [7, 11) is 0. The highest BCUT2D eigenvalue weighted by atomic mass is 35.5. The molecule has 0 atom stereocenters. The number of ether oxygens (including phenoxy) is 1. The highest BCUT2D eigenvalue weighted by Crippen LogP contribution is 2.21. The molecule has 106 valence electrons. The first kappa shape index (κ1) is 15.9. The van der Waals surface area contributed by atoms with Gasteiger partial charge in [-0.3, -0.25) is 10.1 Å². The molecule has 0 amide bonds. The second kappa shape index (κ2) is 8.85. The van der Waals surface area contributed by atoms with E-state index in [1.807, 2.05) is 0 Å². The van der Waals surface area contributed by atoms with Gasteiger partial charge < -0.3 is 10.1 Å². The lowest BCUT2D eigenvalue weighted by Crippen LogP contribution is -2.19. The fourth-order valence-electron chi connectivity index (χ4n) is 1.53. The van der Waals surface area contributed by atoms with Crippen molar-refractivity contribution < 1.29 is 9.66 Å². The topological polar surface area (TPSA) is 64.4 Å². The second-order valence-corrected chi connectivity index (χ2v) is 4.58. The van der Waals surface area contributed by atoms with E-state index < -0.39 is 4.92 Å². The minimum Gasteiger partial charge on any atom is -0.380 e. The molecule has 0 aliphatic carbocycles. The molecule has 0 bridgehead atoms. The molecule has 0 aliphatic heterocycles. The van der Waals surface area contributed by atoms with E-state index >= 15 is 0 Å². The predicted molar refractivity (Wildman–Crippen MR) is 75.5 cm³/mol. The number of hydrogen-bond acceptors (Lipinski definition) is 4. The second-order valence-electron chi connectivity index (χ2n) is 4.18. The van der Waals surface area contributed by atoms with Gasteiger partial charge >= 0.3 is 0 Å². The van der Waals surface area contributed by atoms with Crippen LogP contribution >= 0.6 is 11.6 Å². The summed E-state index contributed by atoms with van der Waals surface area (Å²) in [6, 6.07) is 4.45. The van der Waals surface area contributed by atoms with E-state index in [4.69, 9.17) is 16.3 Å². The molecule has 1 aromatic rings. The van der Waals surface area contributed by atoms with Crippen molar-refractivity contribution in [2.24, 2.45) is 0 Å². The van der Waals surface area contributed by atoms with Crippen molar-refractivity contribution >= 4 is 17.3 Å². The van der Waals surface area contributed by atoms with Crippen LogP contribution in [0, 0.1) is 10.1 Å². The highest BCUT2D eigenvalue weighted by molar-refractivity contribution is 6.31. The smallest absolute Gasteiger partial charge is 0.269 e. The number of non-ortho nitro benzene ring substituents is 1. The van der Waals surface area contributed by atoms with Gasteiger partial charge in [-0.05, 0) is 18.1 Å². The van der Waals surface area contributed by atoms with E-state index in [9.17, 15) is 10.1 Å². The minimum absolute atomic E-state index is 0.0559. The molecule has 0 saturated heterocycles. The summed E-state index contributed by atoms with van der Waals surface area (Å²) in [5, 5.41) is 14.3. The van der Waals surface area contributed by atoms with E-state index in [0.717, 1.165) is 25.0 Å². The van der Waals surface area contributed by atoms with Crippen LogP contribution in [0.15, 0.2) is 18.2 Å². The first-order valence-electron chi connectivity index (χ1n) is 6.36. The Kier molecular flexibility index (Phi) is 7.40. The normalized spacial score (nSPS) is 10.6. The largest absolute Gasteiger partial charge is 0.380 e. The van der Waals surface area contributed by atoms with Gasteiger partial charge in [0.15, 0.2) is 0 Å². The number of halogens is 1. The molecule has 0 unspecified atom stereocenters. The number of nitro benzene ring substituents is 1. The Hall–Kier alpha value is -1.17. The predicted octanol–water partition coefficient (Wildman–Crippen LogP) is 3.15. The summed E-state index contributed by atoms with van der Waals surface area (Å²) in [6.45, 7) is 4.72. The summed E-state index contributed by atoms with van der Waals surface area (Å²) in [5.74, 6) is 0. The number of unbranched alkanes of at least 4 members (excludes halogenated alkanes) is 1. The van der Waals surface area contributed by atoms with Crippen LogP contribution in [-0.4, -0.2) is 24.7 Å². The number of hydrogen-bond donors (Lipinski definition) is 1. The average molecular weight is 287 g/mol. The quantitative estimate of drug-likeness (QED) is 0.430. The Balaban J connectivity index is 2.32. The van der Waals surface area contributed by atoms with E-state index in [2.05, 4.69) is 12.2 Å². The van der Waals surface area contributed by atoms with Crippen molar-refractivity contribution in [3.8, 4) is 0 Å². The van der Waals surface area contributed by atoms with E-state index in [1.54, 1.807) is 6.07 Å². The monoisotopic (exact) mass is 286 g/mol. The Morgan fingerprint density at radius 2 is 2.21 bits per heavy atom. The molecule has 5 nitrogen and oxygen atoms in total. The van der Waals surface area contributed by atoms with E-state index in [-0.39, 0.29) is 5.69 Å². The molecule has 19 heavy (non-hydrogen) atoms. The van der Waals surface area contributed by atoms with Crippen molar-refractivity contribution in [2.75, 3.05) is 19.8 Å². The van der Waals surface area contributed by atoms with Crippen LogP contribution in [0.25, 0.3) is 0 Å². The number of nitrogens with one attached hydrogen (secondary N) is 1. The van der Waals surface area contributed by atoms with E-state index in [1.165, 1.54) is 12.1 Å². The van der Waals surface area contributed by atoms with Gasteiger partial charge in [0.2, 0.25) is 0 Å². The third kappa shape index (κ3) is 6.00. The van der Waals surface area contributed by atoms with Crippen LogP contribution in [-0.2, 0) is 11.3 Å². The van der Waals surface area contributed by atoms with Gasteiger partial charge in [-0.15, -0.1) is 0 Å². The zero-order chi connectivity index (χ0) is 14.1. The van der Waals surface area contributed by atoms with Crippen LogP contribution in [0.3, 0.4) is 0 Å². The maximum Gasteiger partial charge on any atom is 0.269 e. The molecule has 1 N–H and O–H groups in total. The van der Waals surface area contributed by atoms with Crippen LogP contribution in [0.1, 0.15) is 25.3 Å². The van der Waals surface area contributed by atoms with Gasteiger partial charge in [0.25, 0.3) is 5.69 Å². The van der Waals surface area contributed by atoms with Crippen LogP contribution in [0.5, 0.6) is 0 Å². The Labute approximate surface area is 118 Å². The molecule has 1 aromatic carbocycles. The number of rotatable bonds is 9. The summed E-state index contributed by atoms with van der Waals surface area (Å²) in [5.41, 5.74) is 0.782. The first-order valence-corrected chi connectivity index (χ1v) is 6.74. The summed E-state index contributed by atoms with van der Waals surface area (Å²) in [4.78, 5) is 10.2. The zero-order valence-corrected chi connectivity index (χ0v) is 11.8. The maximum absolute atomic E-state index is 10.7. The van der Waals surface area contributed by atoms with Gasteiger partial charge in [0, 0.05) is 36.9 Å². The average Bonchev–Trinajstić information content (AvgIpc) is 2.39. The molecule has 6 heteroatoms. The van der Waals surface area contributed by atoms with Crippen molar-refractivity contribution in [3.05, 3.63) is 38.9 Å². The molecule has 0 fully saturated rings. The van der Waals surface area contributed by atoms with Gasteiger partial charge in [0.1, 0.15) is 0 Å². The molecular formula is C13H19ClN2O3. The Morgan fingerprint density at radius 3 is 2.89 bits per heavy atom. The van der Waals surface area contributed by atoms with E-state index in [0.29, 0.717) is 24.7 Å². The van der Waals surface area contributed by atoms with Crippen LogP contribution < -0.4 is 5.32 Å². The lowest BCUT2D eigenvalue weighted by Gasteiger charge is -2.07. The van der Waals surface area contributed by atoms with Crippen LogP contribution in [0.4, 0.5) is 5.69 Å². The molecule has 0 spiro atoms. The van der Waals surface area contributed by atoms with Gasteiger partial charge in [-0.25, -0.2) is 0 Å². The molecule has 0 heterocycles. The summed E-state index contributed by atoms with van der Waals surface area (Å²) < 4.78 is 5.40. The standard InChI is InChI=1S/C13H19ClN2O3/c1-2-3-7-19-8-6-15-10-11-9-12(16(17)18)4-5-13(11)14/h4-5,9,15H,2-3,6-8,10H2,1H3. The summed E-state index contributed by atoms with van der Waals surface area (Å²) >= 11 is 5.99. The van der Waals surface area contributed by atoms with Crippen molar-refractivity contribution in [1.29, 1.82) is 0 Å².